The molecule has 20 heavy (non-hydrogen) atoms. The smallest absolute Gasteiger partial charge is 0.0671 e. The van der Waals surface area contributed by atoms with E-state index < -0.39 is 0 Å². The summed E-state index contributed by atoms with van der Waals surface area (Å²) >= 11 is 1.95. The molecule has 4 heteroatoms. The number of rotatable bonds is 2. The molecule has 0 bridgehead atoms. The quantitative estimate of drug-likeness (QED) is 0.739. The Hall–Kier alpha value is -1.94. The number of anilines is 1. The predicted octanol–water partition coefficient (Wildman–Crippen LogP) is 4.21. The SMILES string of the molecule is c1ccc2c(c1)SCCC2Nc1cccc2[nH]ncc12. The van der Waals surface area contributed by atoms with Crippen molar-refractivity contribution in [1.29, 1.82) is 0 Å². The number of H-pyrrole nitrogens is 1. The van der Waals surface area contributed by atoms with E-state index in [0.29, 0.717) is 6.04 Å². The fraction of sp³-hybridized carbons (Fsp3) is 0.188. The van der Waals surface area contributed by atoms with Gasteiger partial charge in [-0.25, -0.2) is 0 Å². The van der Waals surface area contributed by atoms with Gasteiger partial charge in [0.2, 0.25) is 0 Å². The van der Waals surface area contributed by atoms with Gasteiger partial charge in [0.1, 0.15) is 0 Å². The number of aromatic amines is 1. The van der Waals surface area contributed by atoms with Crippen LogP contribution in [0, 0.1) is 0 Å². The summed E-state index contributed by atoms with van der Waals surface area (Å²) in [6.07, 6.45) is 3.04. The van der Waals surface area contributed by atoms with E-state index in [4.69, 9.17) is 0 Å². The minimum atomic E-state index is 0.382. The van der Waals surface area contributed by atoms with Crippen molar-refractivity contribution in [2.24, 2.45) is 0 Å². The largest absolute Gasteiger partial charge is 0.378 e. The summed E-state index contributed by atoms with van der Waals surface area (Å²) in [6, 6.07) is 15.3. The Balaban J connectivity index is 1.72. The lowest BCUT2D eigenvalue weighted by molar-refractivity contribution is 0.729. The van der Waals surface area contributed by atoms with Crippen molar-refractivity contribution in [2.45, 2.75) is 17.4 Å². The van der Waals surface area contributed by atoms with E-state index in [0.717, 1.165) is 28.8 Å². The van der Waals surface area contributed by atoms with Gasteiger partial charge in [0.15, 0.2) is 0 Å². The highest BCUT2D eigenvalue weighted by Crippen LogP contribution is 2.38. The van der Waals surface area contributed by atoms with Gasteiger partial charge in [0.05, 0.1) is 17.8 Å². The topological polar surface area (TPSA) is 40.7 Å². The molecule has 2 aromatic carbocycles. The average molecular weight is 281 g/mol. The summed E-state index contributed by atoms with van der Waals surface area (Å²) in [4.78, 5) is 1.40. The summed E-state index contributed by atoms with van der Waals surface area (Å²) in [5, 5.41) is 12.0. The lowest BCUT2D eigenvalue weighted by Crippen LogP contribution is -2.16. The number of hydrogen-bond donors (Lipinski definition) is 2. The molecule has 2 heterocycles. The molecular formula is C16H15N3S. The summed E-state index contributed by atoms with van der Waals surface area (Å²) in [6.45, 7) is 0. The molecule has 2 N–H and O–H groups in total. The third-order valence-electron chi connectivity index (χ3n) is 3.77. The van der Waals surface area contributed by atoms with Crippen LogP contribution in [0.1, 0.15) is 18.0 Å². The first-order chi connectivity index (χ1) is 9.92. The Labute approximate surface area is 121 Å². The highest BCUT2D eigenvalue weighted by atomic mass is 32.2. The zero-order valence-corrected chi connectivity index (χ0v) is 11.8. The zero-order chi connectivity index (χ0) is 13.4. The third-order valence-corrected chi connectivity index (χ3v) is 4.90. The Morgan fingerprint density at radius 2 is 2.10 bits per heavy atom. The number of aromatic nitrogens is 2. The number of fused-ring (bicyclic) bond motifs is 2. The van der Waals surface area contributed by atoms with E-state index in [1.165, 1.54) is 10.5 Å². The van der Waals surface area contributed by atoms with Crippen LogP contribution < -0.4 is 5.32 Å². The van der Waals surface area contributed by atoms with Crippen molar-refractivity contribution >= 4 is 28.4 Å². The van der Waals surface area contributed by atoms with E-state index in [1.807, 2.05) is 18.0 Å². The van der Waals surface area contributed by atoms with Gasteiger partial charge in [-0.3, -0.25) is 5.10 Å². The van der Waals surface area contributed by atoms with Crippen LogP contribution >= 0.6 is 11.8 Å². The van der Waals surface area contributed by atoms with Crippen molar-refractivity contribution in [1.82, 2.24) is 10.2 Å². The molecular weight excluding hydrogens is 266 g/mol. The maximum atomic E-state index is 4.13. The van der Waals surface area contributed by atoms with Gasteiger partial charge >= 0.3 is 0 Å². The van der Waals surface area contributed by atoms with Crippen molar-refractivity contribution in [2.75, 3.05) is 11.1 Å². The number of hydrogen-bond acceptors (Lipinski definition) is 3. The molecule has 1 atom stereocenters. The molecule has 1 aliphatic rings. The standard InChI is InChI=1S/C16H15N3S/c1-2-7-16-11(4-1)14(8-9-20-16)18-13-5-3-6-15-12(13)10-17-19-15/h1-7,10,14,18H,8-9H2,(H,17,19). The Morgan fingerprint density at radius 3 is 3.10 bits per heavy atom. The molecule has 4 rings (SSSR count). The summed E-state index contributed by atoms with van der Waals surface area (Å²) in [5.74, 6) is 1.16. The van der Waals surface area contributed by atoms with E-state index >= 15 is 0 Å². The maximum Gasteiger partial charge on any atom is 0.0671 e. The van der Waals surface area contributed by atoms with Gasteiger partial charge in [0.25, 0.3) is 0 Å². The van der Waals surface area contributed by atoms with Gasteiger partial charge in [-0.2, -0.15) is 5.10 Å². The van der Waals surface area contributed by atoms with Gasteiger partial charge in [-0.15, -0.1) is 11.8 Å². The van der Waals surface area contributed by atoms with Crippen LogP contribution in [-0.2, 0) is 0 Å². The van der Waals surface area contributed by atoms with Crippen LogP contribution in [0.5, 0.6) is 0 Å². The summed E-state index contributed by atoms with van der Waals surface area (Å²) in [7, 11) is 0. The van der Waals surface area contributed by atoms with Crippen LogP contribution in [0.3, 0.4) is 0 Å². The first-order valence-electron chi connectivity index (χ1n) is 6.82. The molecule has 3 nitrogen and oxygen atoms in total. The number of nitrogens with zero attached hydrogens (tertiary/aromatic N) is 1. The molecule has 0 radical (unpaired) electrons. The Kier molecular flexibility index (Phi) is 2.89. The molecule has 0 spiro atoms. The average Bonchev–Trinajstić information content (AvgIpc) is 2.97. The lowest BCUT2D eigenvalue weighted by atomic mass is 10.0. The van der Waals surface area contributed by atoms with Gasteiger partial charge in [0, 0.05) is 21.7 Å². The minimum absolute atomic E-state index is 0.382. The van der Waals surface area contributed by atoms with E-state index in [1.54, 1.807) is 0 Å². The predicted molar refractivity (Wildman–Crippen MR) is 84.2 cm³/mol. The highest BCUT2D eigenvalue weighted by molar-refractivity contribution is 7.99. The zero-order valence-electron chi connectivity index (χ0n) is 11.0. The van der Waals surface area contributed by atoms with E-state index in [2.05, 4.69) is 58.0 Å². The first kappa shape index (κ1) is 11.9. The Bertz CT molecular complexity index is 750. The van der Waals surface area contributed by atoms with Crippen LogP contribution in [0.2, 0.25) is 0 Å². The third kappa shape index (κ3) is 1.96. The first-order valence-corrected chi connectivity index (χ1v) is 7.81. The van der Waals surface area contributed by atoms with Gasteiger partial charge in [-0.05, 0) is 30.2 Å². The van der Waals surface area contributed by atoms with E-state index in [-0.39, 0.29) is 0 Å². The minimum Gasteiger partial charge on any atom is -0.378 e. The highest BCUT2D eigenvalue weighted by Gasteiger charge is 2.20. The number of benzene rings is 2. The monoisotopic (exact) mass is 281 g/mol. The summed E-state index contributed by atoms with van der Waals surface area (Å²) < 4.78 is 0. The van der Waals surface area contributed by atoms with Crippen LogP contribution in [0.15, 0.2) is 53.6 Å². The van der Waals surface area contributed by atoms with E-state index in [9.17, 15) is 0 Å². The van der Waals surface area contributed by atoms with Gasteiger partial charge < -0.3 is 5.32 Å². The lowest BCUT2D eigenvalue weighted by Gasteiger charge is -2.27. The molecule has 1 aliphatic heterocycles. The molecule has 0 saturated heterocycles. The second-order valence-corrected chi connectivity index (χ2v) is 6.15. The van der Waals surface area contributed by atoms with Crippen molar-refractivity contribution in [3.63, 3.8) is 0 Å². The number of nitrogens with one attached hydrogen (secondary N) is 2. The maximum absolute atomic E-state index is 4.13. The molecule has 0 amide bonds. The number of thioether (sulfide) groups is 1. The van der Waals surface area contributed by atoms with Crippen molar-refractivity contribution < 1.29 is 0 Å². The van der Waals surface area contributed by atoms with Gasteiger partial charge in [-0.1, -0.05) is 24.3 Å². The molecule has 0 fully saturated rings. The second-order valence-electron chi connectivity index (χ2n) is 5.01. The molecule has 3 aromatic rings. The van der Waals surface area contributed by atoms with Crippen LogP contribution in [-0.4, -0.2) is 16.0 Å². The molecule has 0 saturated carbocycles. The van der Waals surface area contributed by atoms with Crippen molar-refractivity contribution in [3.05, 3.63) is 54.2 Å². The molecule has 1 unspecified atom stereocenters. The molecule has 1 aromatic heterocycles. The molecule has 0 aliphatic carbocycles. The second kappa shape index (κ2) is 4.87. The normalized spacial score (nSPS) is 17.9. The van der Waals surface area contributed by atoms with Crippen LogP contribution in [0.25, 0.3) is 10.9 Å². The van der Waals surface area contributed by atoms with Crippen LogP contribution in [0.4, 0.5) is 5.69 Å². The van der Waals surface area contributed by atoms with Crippen molar-refractivity contribution in [3.8, 4) is 0 Å². The fourth-order valence-corrected chi connectivity index (χ4v) is 3.90. The fourth-order valence-electron chi connectivity index (χ4n) is 2.77. The summed E-state index contributed by atoms with van der Waals surface area (Å²) in [5.41, 5.74) is 3.64. The Morgan fingerprint density at radius 1 is 1.15 bits per heavy atom. The molecule has 100 valence electrons.